The van der Waals surface area contributed by atoms with Crippen LogP contribution in [0.25, 0.3) is 0 Å². The average molecular weight is 778 g/mol. The maximum atomic E-state index is 14.5. The minimum atomic E-state index is -4.38. The predicted octanol–water partition coefficient (Wildman–Crippen LogP) is 3.65. The highest BCUT2D eigenvalue weighted by Gasteiger charge is 2.49. The molecule has 0 bridgehead atoms. The van der Waals surface area contributed by atoms with Crippen LogP contribution in [0.4, 0.5) is 9.18 Å². The summed E-state index contributed by atoms with van der Waals surface area (Å²) in [5.41, 5.74) is -0.149. The predicted molar refractivity (Wildman–Crippen MR) is 189 cm³/mol. The smallest absolute Gasteiger partial charge is 0.407 e. The van der Waals surface area contributed by atoms with Crippen molar-refractivity contribution in [2.75, 3.05) is 39.6 Å². The molecule has 0 unspecified atom stereocenters. The Hall–Kier alpha value is -3.84. The van der Waals surface area contributed by atoms with Gasteiger partial charge in [0.25, 0.3) is 0 Å². The third kappa shape index (κ3) is 8.94. The average Bonchev–Trinajstić information content (AvgIpc) is 3.86. The molecule has 14 nitrogen and oxygen atoms in total. The Kier molecular flexibility index (Phi) is 11.6. The molecule has 6 rings (SSSR count). The molecule has 3 heterocycles. The van der Waals surface area contributed by atoms with Gasteiger partial charge in [-0.25, -0.2) is 30.7 Å². The number of sulfonamides is 2. The molecule has 5 atom stereocenters. The van der Waals surface area contributed by atoms with E-state index in [0.717, 1.165) is 34.1 Å². The zero-order valence-corrected chi connectivity index (χ0v) is 31.0. The molecule has 53 heavy (non-hydrogen) atoms. The van der Waals surface area contributed by atoms with Gasteiger partial charge in [-0.05, 0) is 66.6 Å². The van der Waals surface area contributed by atoms with Crippen molar-refractivity contribution in [3.05, 3.63) is 84.2 Å². The van der Waals surface area contributed by atoms with E-state index in [0.29, 0.717) is 18.8 Å². The minimum absolute atomic E-state index is 0.0553. The van der Waals surface area contributed by atoms with E-state index in [1.165, 1.54) is 23.1 Å². The molecule has 0 aliphatic carbocycles. The number of ether oxygens (including phenoxy) is 4. The van der Waals surface area contributed by atoms with Crippen molar-refractivity contribution in [3.63, 3.8) is 0 Å². The zero-order valence-electron chi connectivity index (χ0n) is 29.3. The van der Waals surface area contributed by atoms with Crippen molar-refractivity contribution < 1.29 is 55.2 Å². The largest absolute Gasteiger partial charge is 0.465 e. The van der Waals surface area contributed by atoms with Gasteiger partial charge in [0.05, 0.1) is 41.2 Å². The molecule has 3 N–H and O–H groups in total. The van der Waals surface area contributed by atoms with Crippen molar-refractivity contribution in [3.8, 4) is 11.5 Å². The van der Waals surface area contributed by atoms with Gasteiger partial charge in [-0.2, -0.15) is 4.31 Å². The molecule has 0 aromatic heterocycles. The van der Waals surface area contributed by atoms with Gasteiger partial charge in [-0.3, -0.25) is 4.90 Å². The Bertz CT molecular complexity index is 1970. The number of nitrogens with zero attached hydrogens (tertiary/aromatic N) is 2. The number of aliphatic hydroxyl groups is 1. The van der Waals surface area contributed by atoms with Gasteiger partial charge in [-0.1, -0.05) is 44.2 Å². The van der Waals surface area contributed by atoms with Crippen molar-refractivity contribution in [1.82, 2.24) is 13.9 Å². The Balaban J connectivity index is 1.29. The van der Waals surface area contributed by atoms with Crippen LogP contribution in [0.5, 0.6) is 11.5 Å². The Morgan fingerprint density at radius 1 is 0.981 bits per heavy atom. The first-order valence-corrected chi connectivity index (χ1v) is 20.2. The maximum absolute atomic E-state index is 14.5. The summed E-state index contributed by atoms with van der Waals surface area (Å²) in [5.74, 6) is -0.239. The number of hydrogen-bond donors (Lipinski definition) is 3. The van der Waals surface area contributed by atoms with E-state index in [4.69, 9.17) is 18.9 Å². The monoisotopic (exact) mass is 777 g/mol. The van der Waals surface area contributed by atoms with E-state index in [1.807, 2.05) is 18.2 Å². The van der Waals surface area contributed by atoms with Gasteiger partial charge in [0.1, 0.15) is 5.82 Å². The van der Waals surface area contributed by atoms with Crippen LogP contribution in [0.3, 0.4) is 0 Å². The third-order valence-electron chi connectivity index (χ3n) is 9.87. The van der Waals surface area contributed by atoms with E-state index in [-0.39, 0.29) is 60.8 Å². The van der Waals surface area contributed by atoms with Gasteiger partial charge in [0, 0.05) is 31.6 Å². The van der Waals surface area contributed by atoms with Crippen LogP contribution in [0, 0.1) is 17.2 Å². The quantitative estimate of drug-likeness (QED) is 0.193. The third-order valence-corrected chi connectivity index (χ3v) is 13.2. The highest BCUT2D eigenvalue weighted by atomic mass is 32.2. The van der Waals surface area contributed by atoms with Gasteiger partial charge in [0.15, 0.2) is 17.8 Å². The summed E-state index contributed by atoms with van der Waals surface area (Å²) in [5, 5.41) is 22.7. The number of rotatable bonds is 16. The van der Waals surface area contributed by atoms with Gasteiger partial charge in [-0.15, -0.1) is 0 Å². The molecule has 2 fully saturated rings. The molecule has 1 amide bonds. The number of fused-ring (bicyclic) bond motifs is 2. The molecule has 0 radical (unpaired) electrons. The topological polar surface area (TPSA) is 181 Å². The molecule has 17 heteroatoms. The van der Waals surface area contributed by atoms with E-state index >= 15 is 0 Å². The van der Waals surface area contributed by atoms with Gasteiger partial charge >= 0.3 is 6.09 Å². The molecule has 3 aliphatic rings. The first-order valence-electron chi connectivity index (χ1n) is 17.3. The van der Waals surface area contributed by atoms with E-state index < -0.39 is 68.4 Å². The number of benzene rings is 3. The first kappa shape index (κ1) is 38.9. The summed E-state index contributed by atoms with van der Waals surface area (Å²) < 4.78 is 94.0. The number of halogens is 1. The van der Waals surface area contributed by atoms with Crippen LogP contribution in [0.15, 0.2) is 82.6 Å². The number of amides is 1. The molecular formula is C36H44FN3O11S2. The van der Waals surface area contributed by atoms with Crippen molar-refractivity contribution in [1.29, 1.82) is 0 Å². The fourth-order valence-corrected chi connectivity index (χ4v) is 9.77. The second kappa shape index (κ2) is 15.9. The molecule has 3 aliphatic heterocycles. The minimum Gasteiger partial charge on any atom is -0.465 e. The normalized spacial score (nSPS) is 21.0. The Morgan fingerprint density at radius 3 is 2.40 bits per heavy atom. The van der Waals surface area contributed by atoms with Crippen LogP contribution in [0.1, 0.15) is 32.3 Å². The maximum Gasteiger partial charge on any atom is 0.407 e. The lowest BCUT2D eigenvalue weighted by Crippen LogP contribution is -2.58. The number of aliphatic hydroxyl groups excluding tert-OH is 1. The highest BCUT2D eigenvalue weighted by molar-refractivity contribution is 7.89. The Morgan fingerprint density at radius 2 is 1.68 bits per heavy atom. The standard InChI is InChI=1S/C36H44FN3O11S2/c1-36(2,15-16-38-52(44,45)26-10-8-25(37)9-11-26)22-39(53(46,47)27-12-13-32-33(19-27)51-23-50-32)20-31(41)29(18-24-6-4-3-5-7-24)40(35(42)43)30-21-49-34-28(30)14-17-48-34/h3-13,19,28-31,34,38,41H,14-18,20-23H2,1-2H3,(H,42,43)/t28-,29-,30-,31+,34+/m0/s1. The second-order valence-corrected chi connectivity index (χ2v) is 17.9. The summed E-state index contributed by atoms with van der Waals surface area (Å²) >= 11 is 0. The van der Waals surface area contributed by atoms with Crippen molar-refractivity contribution >= 4 is 26.1 Å². The fraction of sp³-hybridized carbons (Fsp3) is 0.472. The van der Waals surface area contributed by atoms with Crippen LogP contribution in [-0.4, -0.2) is 106 Å². The molecule has 2 saturated heterocycles. The summed E-state index contributed by atoms with van der Waals surface area (Å²) in [6.45, 7) is 3.14. The van der Waals surface area contributed by atoms with Crippen LogP contribution < -0.4 is 14.2 Å². The summed E-state index contributed by atoms with van der Waals surface area (Å²) in [7, 11) is -8.38. The summed E-state index contributed by atoms with van der Waals surface area (Å²) in [6.07, 6.45) is -2.57. The number of carboxylic acid groups (broad SMARTS) is 1. The lowest BCUT2D eigenvalue weighted by Gasteiger charge is -2.40. The van der Waals surface area contributed by atoms with Gasteiger partial charge in [0.2, 0.25) is 26.8 Å². The molecule has 0 spiro atoms. The van der Waals surface area contributed by atoms with Crippen molar-refractivity contribution in [2.45, 2.75) is 67.4 Å². The van der Waals surface area contributed by atoms with Gasteiger partial charge < -0.3 is 29.2 Å². The number of nitrogens with one attached hydrogen (secondary N) is 1. The molecule has 288 valence electrons. The van der Waals surface area contributed by atoms with Crippen LogP contribution in [-0.2, 0) is 35.9 Å². The van der Waals surface area contributed by atoms with E-state index in [9.17, 15) is 36.2 Å². The number of hydrogen-bond acceptors (Lipinski definition) is 10. The van der Waals surface area contributed by atoms with Crippen LogP contribution in [0.2, 0.25) is 0 Å². The zero-order chi connectivity index (χ0) is 38.0. The SMILES string of the molecule is CC(C)(CCNS(=O)(=O)c1ccc(F)cc1)CN(C[C@@H](O)[C@H](Cc1ccccc1)N(C(=O)O)[C@H]1CO[C@H]2OCC[C@H]21)S(=O)(=O)c1ccc2c(c1)OCO2. The highest BCUT2D eigenvalue weighted by Crippen LogP contribution is 2.38. The number of carbonyl (C=O) groups is 1. The van der Waals surface area contributed by atoms with E-state index in [1.54, 1.807) is 26.0 Å². The summed E-state index contributed by atoms with van der Waals surface area (Å²) in [4.78, 5) is 14.0. The molecular weight excluding hydrogens is 734 g/mol. The Labute approximate surface area is 308 Å². The second-order valence-electron chi connectivity index (χ2n) is 14.2. The van der Waals surface area contributed by atoms with Crippen LogP contribution >= 0.6 is 0 Å². The molecule has 0 saturated carbocycles. The first-order chi connectivity index (χ1) is 25.1. The fourth-order valence-electron chi connectivity index (χ4n) is 7.08. The molecule has 3 aromatic carbocycles. The summed E-state index contributed by atoms with van der Waals surface area (Å²) in [6, 6.07) is 15.8. The molecule has 3 aromatic rings. The lowest BCUT2D eigenvalue weighted by molar-refractivity contribution is -0.0906. The van der Waals surface area contributed by atoms with Crippen molar-refractivity contribution in [2.24, 2.45) is 11.3 Å². The van der Waals surface area contributed by atoms with E-state index in [2.05, 4.69) is 4.72 Å². The lowest BCUT2D eigenvalue weighted by atomic mass is 9.89.